The smallest absolute Gasteiger partial charge is 0.248 e. The monoisotopic (exact) mass is 368 g/mol. The van der Waals surface area contributed by atoms with E-state index in [2.05, 4.69) is 10.6 Å². The summed E-state index contributed by atoms with van der Waals surface area (Å²) in [6, 6.07) is 12.8. The number of hydrogen-bond donors (Lipinski definition) is 2. The van der Waals surface area contributed by atoms with Gasteiger partial charge in [0.2, 0.25) is 11.8 Å². The molecule has 0 aliphatic carbocycles. The molecule has 0 saturated heterocycles. The van der Waals surface area contributed by atoms with Crippen molar-refractivity contribution >= 4 is 29.3 Å². The van der Waals surface area contributed by atoms with E-state index >= 15 is 0 Å². The number of hydrogen-bond acceptors (Lipinski definition) is 4. The standard InChI is InChI=1S/C21H24N2O4/c1-4-26-19-14-18(20(27-5-2)13-17(19)22-15(3)24)23-21(25)12-11-16-9-7-6-8-10-16/h6-14H,4-5H2,1-3H3,(H,22,24)(H,23,25)/b12-11+. The molecule has 0 aliphatic rings. The van der Waals surface area contributed by atoms with Gasteiger partial charge in [-0.25, -0.2) is 0 Å². The van der Waals surface area contributed by atoms with E-state index in [0.717, 1.165) is 5.56 Å². The molecule has 2 rings (SSSR count). The van der Waals surface area contributed by atoms with Crippen LogP contribution < -0.4 is 20.1 Å². The molecule has 0 spiro atoms. The lowest BCUT2D eigenvalue weighted by Crippen LogP contribution is -2.12. The second kappa shape index (κ2) is 10.0. The first-order chi connectivity index (χ1) is 13.0. The molecule has 6 nitrogen and oxygen atoms in total. The van der Waals surface area contributed by atoms with Gasteiger partial charge in [0.25, 0.3) is 0 Å². The Labute approximate surface area is 159 Å². The zero-order valence-electron chi connectivity index (χ0n) is 15.7. The van der Waals surface area contributed by atoms with E-state index in [9.17, 15) is 9.59 Å². The molecule has 0 atom stereocenters. The Balaban J connectivity index is 2.27. The van der Waals surface area contributed by atoms with E-state index in [0.29, 0.717) is 36.1 Å². The third kappa shape index (κ3) is 6.18. The van der Waals surface area contributed by atoms with Gasteiger partial charge in [0.05, 0.1) is 24.6 Å². The SMILES string of the molecule is CCOc1cc(NC(=O)/C=C/c2ccccc2)c(OCC)cc1NC(C)=O. The normalized spacial score (nSPS) is 10.5. The molecule has 0 saturated carbocycles. The number of ether oxygens (including phenoxy) is 2. The minimum absolute atomic E-state index is 0.221. The van der Waals surface area contributed by atoms with Gasteiger partial charge in [-0.2, -0.15) is 0 Å². The van der Waals surface area contributed by atoms with Crippen molar-refractivity contribution in [3.8, 4) is 11.5 Å². The van der Waals surface area contributed by atoms with Crippen LogP contribution in [0.5, 0.6) is 11.5 Å². The fourth-order valence-electron chi connectivity index (χ4n) is 2.41. The maximum absolute atomic E-state index is 12.3. The Morgan fingerprint density at radius 1 is 0.926 bits per heavy atom. The summed E-state index contributed by atoms with van der Waals surface area (Å²) in [7, 11) is 0. The van der Waals surface area contributed by atoms with Crippen LogP contribution in [0.3, 0.4) is 0 Å². The highest BCUT2D eigenvalue weighted by molar-refractivity contribution is 6.03. The van der Waals surface area contributed by atoms with Crippen LogP contribution >= 0.6 is 0 Å². The Kier molecular flexibility index (Phi) is 7.43. The van der Waals surface area contributed by atoms with Gasteiger partial charge in [-0.3, -0.25) is 9.59 Å². The van der Waals surface area contributed by atoms with Crippen LogP contribution in [0, 0.1) is 0 Å². The highest BCUT2D eigenvalue weighted by atomic mass is 16.5. The fraction of sp³-hybridized carbons (Fsp3) is 0.238. The third-order valence-corrected chi connectivity index (χ3v) is 3.48. The van der Waals surface area contributed by atoms with Gasteiger partial charge < -0.3 is 20.1 Å². The molecule has 0 heterocycles. The average Bonchev–Trinajstić information content (AvgIpc) is 2.64. The van der Waals surface area contributed by atoms with Crippen LogP contribution in [-0.4, -0.2) is 25.0 Å². The molecule has 142 valence electrons. The Hall–Kier alpha value is -3.28. The topological polar surface area (TPSA) is 76.7 Å². The molecule has 2 aromatic rings. The number of carbonyl (C=O) groups is 2. The van der Waals surface area contributed by atoms with Crippen LogP contribution in [0.4, 0.5) is 11.4 Å². The zero-order valence-corrected chi connectivity index (χ0v) is 15.7. The molecular formula is C21H24N2O4. The van der Waals surface area contributed by atoms with E-state index < -0.39 is 0 Å². The number of amides is 2. The van der Waals surface area contributed by atoms with E-state index in [1.165, 1.54) is 13.0 Å². The van der Waals surface area contributed by atoms with Crippen molar-refractivity contribution in [3.05, 3.63) is 54.1 Å². The van der Waals surface area contributed by atoms with Crippen molar-refractivity contribution in [1.82, 2.24) is 0 Å². The van der Waals surface area contributed by atoms with Crippen molar-refractivity contribution in [2.75, 3.05) is 23.8 Å². The lowest BCUT2D eigenvalue weighted by Gasteiger charge is -2.17. The van der Waals surface area contributed by atoms with Gasteiger partial charge in [-0.15, -0.1) is 0 Å². The minimum Gasteiger partial charge on any atom is -0.492 e. The van der Waals surface area contributed by atoms with E-state index in [1.807, 2.05) is 44.2 Å². The Bertz CT molecular complexity index is 816. The van der Waals surface area contributed by atoms with Crippen molar-refractivity contribution in [3.63, 3.8) is 0 Å². The fourth-order valence-corrected chi connectivity index (χ4v) is 2.41. The number of benzene rings is 2. The largest absolute Gasteiger partial charge is 0.492 e. The maximum Gasteiger partial charge on any atom is 0.248 e. The Morgan fingerprint density at radius 2 is 1.48 bits per heavy atom. The second-order valence-corrected chi connectivity index (χ2v) is 5.63. The summed E-state index contributed by atoms with van der Waals surface area (Å²) in [5, 5.41) is 5.52. The number of anilines is 2. The maximum atomic E-state index is 12.3. The highest BCUT2D eigenvalue weighted by Gasteiger charge is 2.14. The van der Waals surface area contributed by atoms with Crippen molar-refractivity contribution in [2.24, 2.45) is 0 Å². The number of nitrogens with one attached hydrogen (secondary N) is 2. The van der Waals surface area contributed by atoms with Gasteiger partial charge >= 0.3 is 0 Å². The lowest BCUT2D eigenvalue weighted by atomic mass is 10.2. The molecule has 0 unspecified atom stereocenters. The summed E-state index contributed by atoms with van der Waals surface area (Å²) in [5.74, 6) is 0.389. The van der Waals surface area contributed by atoms with Crippen molar-refractivity contribution < 1.29 is 19.1 Å². The molecule has 2 amide bonds. The second-order valence-electron chi connectivity index (χ2n) is 5.63. The van der Waals surface area contributed by atoms with Gasteiger partial charge in [0.15, 0.2) is 0 Å². The summed E-state index contributed by atoms with van der Waals surface area (Å²) in [4.78, 5) is 23.7. The third-order valence-electron chi connectivity index (χ3n) is 3.48. The molecule has 0 aromatic heterocycles. The summed E-state index contributed by atoms with van der Waals surface area (Å²) < 4.78 is 11.2. The first-order valence-electron chi connectivity index (χ1n) is 8.78. The molecular weight excluding hydrogens is 344 g/mol. The lowest BCUT2D eigenvalue weighted by molar-refractivity contribution is -0.114. The van der Waals surface area contributed by atoms with Crippen molar-refractivity contribution in [2.45, 2.75) is 20.8 Å². The zero-order chi connectivity index (χ0) is 19.6. The van der Waals surface area contributed by atoms with Crippen LogP contribution in [0.25, 0.3) is 6.08 Å². The molecule has 0 fully saturated rings. The predicted octanol–water partition coefficient (Wildman–Crippen LogP) is 4.09. The van der Waals surface area contributed by atoms with Crippen LogP contribution in [0.1, 0.15) is 26.3 Å². The summed E-state index contributed by atoms with van der Waals surface area (Å²) >= 11 is 0. The summed E-state index contributed by atoms with van der Waals surface area (Å²) in [6.07, 6.45) is 3.18. The minimum atomic E-state index is -0.297. The molecule has 0 bridgehead atoms. The first kappa shape index (κ1) is 20.0. The summed E-state index contributed by atoms with van der Waals surface area (Å²) in [6.45, 7) is 5.93. The molecule has 2 N–H and O–H groups in total. The van der Waals surface area contributed by atoms with Crippen LogP contribution in [0.15, 0.2) is 48.5 Å². The Morgan fingerprint density at radius 3 is 2.00 bits per heavy atom. The quantitative estimate of drug-likeness (QED) is 0.688. The molecule has 2 aromatic carbocycles. The average molecular weight is 368 g/mol. The molecule has 0 aliphatic heterocycles. The summed E-state index contributed by atoms with van der Waals surface area (Å²) in [5.41, 5.74) is 1.89. The van der Waals surface area contributed by atoms with Gasteiger partial charge in [-0.05, 0) is 25.5 Å². The highest BCUT2D eigenvalue weighted by Crippen LogP contribution is 2.37. The molecule has 0 radical (unpaired) electrons. The van der Waals surface area contributed by atoms with E-state index in [-0.39, 0.29) is 11.8 Å². The number of rotatable bonds is 8. The van der Waals surface area contributed by atoms with Gasteiger partial charge in [-0.1, -0.05) is 30.3 Å². The first-order valence-corrected chi connectivity index (χ1v) is 8.78. The predicted molar refractivity (Wildman–Crippen MR) is 107 cm³/mol. The number of carbonyl (C=O) groups excluding carboxylic acids is 2. The molecule has 6 heteroatoms. The van der Waals surface area contributed by atoms with Crippen molar-refractivity contribution in [1.29, 1.82) is 0 Å². The van der Waals surface area contributed by atoms with E-state index in [4.69, 9.17) is 9.47 Å². The van der Waals surface area contributed by atoms with Crippen LogP contribution in [0.2, 0.25) is 0 Å². The molecule has 27 heavy (non-hydrogen) atoms. The van der Waals surface area contributed by atoms with Crippen LogP contribution in [-0.2, 0) is 9.59 Å². The van der Waals surface area contributed by atoms with E-state index in [1.54, 1.807) is 18.2 Å². The van der Waals surface area contributed by atoms with Gasteiger partial charge in [0, 0.05) is 25.1 Å². The van der Waals surface area contributed by atoms with Gasteiger partial charge in [0.1, 0.15) is 11.5 Å².